The van der Waals surface area contributed by atoms with Gasteiger partial charge < -0.3 is 14.7 Å². The van der Waals surface area contributed by atoms with E-state index in [-0.39, 0.29) is 6.04 Å². The average molecular weight is 493 g/mol. The summed E-state index contributed by atoms with van der Waals surface area (Å²) in [5.74, 6) is 1.03. The van der Waals surface area contributed by atoms with E-state index in [0.29, 0.717) is 21.9 Å². The number of hydrogen-bond acceptors (Lipinski definition) is 5. The van der Waals surface area contributed by atoms with Gasteiger partial charge >= 0.3 is 0 Å². The summed E-state index contributed by atoms with van der Waals surface area (Å²) >= 11 is 13.7. The van der Waals surface area contributed by atoms with Crippen molar-refractivity contribution in [2.24, 2.45) is 0 Å². The SMILES string of the molecule is CC1=C(c2nc(-c3ccccc3)no2)C(c2ccc(Cl)cc2)NC(=S)N1CCc1cccs1. The number of nitrogens with zero attached hydrogens (tertiary/aromatic N) is 3. The second-order valence-electron chi connectivity index (χ2n) is 7.70. The highest BCUT2D eigenvalue weighted by Crippen LogP contribution is 2.37. The highest BCUT2D eigenvalue weighted by molar-refractivity contribution is 7.80. The van der Waals surface area contributed by atoms with Crippen LogP contribution in [-0.2, 0) is 6.42 Å². The van der Waals surface area contributed by atoms with Gasteiger partial charge in [-0.1, -0.05) is 65.3 Å². The number of halogens is 1. The first-order valence-corrected chi connectivity index (χ1v) is 12.2. The molecule has 33 heavy (non-hydrogen) atoms. The molecule has 0 amide bonds. The summed E-state index contributed by atoms with van der Waals surface area (Å²) in [4.78, 5) is 8.18. The third-order valence-corrected chi connectivity index (χ3v) is 7.18. The molecule has 1 atom stereocenters. The lowest BCUT2D eigenvalue weighted by Gasteiger charge is -2.37. The molecule has 0 bridgehead atoms. The molecule has 0 radical (unpaired) electrons. The van der Waals surface area contributed by atoms with Gasteiger partial charge in [0.25, 0.3) is 5.89 Å². The molecule has 0 saturated carbocycles. The van der Waals surface area contributed by atoms with Gasteiger partial charge in [-0.25, -0.2) is 0 Å². The van der Waals surface area contributed by atoms with Gasteiger partial charge in [0, 0.05) is 27.7 Å². The number of thiophene rings is 1. The summed E-state index contributed by atoms with van der Waals surface area (Å²) in [7, 11) is 0. The summed E-state index contributed by atoms with van der Waals surface area (Å²) in [5, 5.41) is 11.2. The van der Waals surface area contributed by atoms with Crippen LogP contribution in [0.1, 0.15) is 29.3 Å². The van der Waals surface area contributed by atoms with E-state index in [0.717, 1.165) is 35.4 Å². The molecule has 4 aromatic rings. The first kappa shape index (κ1) is 21.8. The predicted molar refractivity (Wildman–Crippen MR) is 137 cm³/mol. The zero-order valence-corrected chi connectivity index (χ0v) is 20.3. The van der Waals surface area contributed by atoms with Crippen LogP contribution >= 0.6 is 35.2 Å². The minimum Gasteiger partial charge on any atom is -0.351 e. The molecule has 1 aliphatic heterocycles. The van der Waals surface area contributed by atoms with Crippen molar-refractivity contribution >= 4 is 45.8 Å². The molecule has 5 nitrogen and oxygen atoms in total. The van der Waals surface area contributed by atoms with Crippen LogP contribution in [0.2, 0.25) is 5.02 Å². The van der Waals surface area contributed by atoms with E-state index in [2.05, 4.69) is 39.8 Å². The number of thiocarbonyl (C=S) groups is 1. The maximum Gasteiger partial charge on any atom is 0.258 e. The fourth-order valence-electron chi connectivity index (χ4n) is 3.95. The molecule has 2 aromatic heterocycles. The highest BCUT2D eigenvalue weighted by atomic mass is 35.5. The normalized spacial score (nSPS) is 16.2. The van der Waals surface area contributed by atoms with Gasteiger partial charge in [-0.3, -0.25) is 0 Å². The van der Waals surface area contributed by atoms with Crippen molar-refractivity contribution in [2.75, 3.05) is 6.54 Å². The molecule has 3 heterocycles. The lowest BCUT2D eigenvalue weighted by Crippen LogP contribution is -2.46. The number of allylic oxidation sites excluding steroid dienone is 1. The van der Waals surface area contributed by atoms with Crippen LogP contribution in [0.15, 0.2) is 82.3 Å². The molecule has 1 unspecified atom stereocenters. The van der Waals surface area contributed by atoms with Crippen LogP contribution in [0.4, 0.5) is 0 Å². The number of hydrogen-bond donors (Lipinski definition) is 1. The Hall–Kier alpha value is -3.00. The van der Waals surface area contributed by atoms with Gasteiger partial charge in [-0.15, -0.1) is 11.3 Å². The Morgan fingerprint density at radius 1 is 1.09 bits per heavy atom. The Bertz CT molecular complexity index is 1280. The molecule has 1 N–H and O–H groups in total. The third kappa shape index (κ3) is 4.57. The van der Waals surface area contributed by atoms with Gasteiger partial charge in [0.1, 0.15) is 0 Å². The molecular formula is C25H21ClN4OS2. The van der Waals surface area contributed by atoms with Crippen molar-refractivity contribution < 1.29 is 4.52 Å². The highest BCUT2D eigenvalue weighted by Gasteiger charge is 2.34. The largest absolute Gasteiger partial charge is 0.351 e. The maximum atomic E-state index is 6.14. The quantitative estimate of drug-likeness (QED) is 0.316. The molecule has 8 heteroatoms. The monoisotopic (exact) mass is 492 g/mol. The van der Waals surface area contributed by atoms with Crippen molar-refractivity contribution in [1.82, 2.24) is 20.4 Å². The van der Waals surface area contributed by atoms with Crippen molar-refractivity contribution in [3.63, 3.8) is 0 Å². The second-order valence-corrected chi connectivity index (χ2v) is 9.56. The fraction of sp³-hybridized carbons (Fsp3) is 0.160. The van der Waals surface area contributed by atoms with Gasteiger partial charge in [-0.2, -0.15) is 4.98 Å². The van der Waals surface area contributed by atoms with Gasteiger partial charge in [0.2, 0.25) is 5.82 Å². The van der Waals surface area contributed by atoms with Gasteiger partial charge in [0.15, 0.2) is 5.11 Å². The molecule has 0 spiro atoms. The number of nitrogens with one attached hydrogen (secondary N) is 1. The Balaban J connectivity index is 1.55. The van der Waals surface area contributed by atoms with E-state index in [9.17, 15) is 0 Å². The lowest BCUT2D eigenvalue weighted by atomic mass is 9.94. The Morgan fingerprint density at radius 3 is 2.61 bits per heavy atom. The van der Waals surface area contributed by atoms with E-state index >= 15 is 0 Å². The van der Waals surface area contributed by atoms with Crippen molar-refractivity contribution in [3.05, 3.63) is 99.2 Å². The molecule has 5 rings (SSSR count). The molecule has 0 saturated heterocycles. The van der Waals surface area contributed by atoms with Crippen LogP contribution in [-0.4, -0.2) is 26.7 Å². The smallest absolute Gasteiger partial charge is 0.258 e. The van der Waals surface area contributed by atoms with Crippen LogP contribution < -0.4 is 5.32 Å². The maximum absolute atomic E-state index is 6.14. The van der Waals surface area contributed by atoms with Gasteiger partial charge in [-0.05, 0) is 54.7 Å². The van der Waals surface area contributed by atoms with Crippen LogP contribution in [0, 0.1) is 0 Å². The zero-order chi connectivity index (χ0) is 22.8. The minimum absolute atomic E-state index is 0.225. The third-order valence-electron chi connectivity index (χ3n) is 5.65. The topological polar surface area (TPSA) is 54.2 Å². The minimum atomic E-state index is -0.225. The first-order valence-electron chi connectivity index (χ1n) is 10.6. The number of rotatable bonds is 6. The van der Waals surface area contributed by atoms with Gasteiger partial charge in [0.05, 0.1) is 11.6 Å². The van der Waals surface area contributed by atoms with Crippen molar-refractivity contribution in [2.45, 2.75) is 19.4 Å². The Morgan fingerprint density at radius 2 is 1.88 bits per heavy atom. The standard InChI is InChI=1S/C25H21ClN4OS2/c1-16-21(24-28-23(29-31-24)18-6-3-2-4-7-18)22(17-9-11-19(26)12-10-17)27-25(32)30(16)14-13-20-8-5-15-33-20/h2-12,15,22H,13-14H2,1H3,(H,27,32). The molecule has 0 aliphatic carbocycles. The van der Waals surface area contributed by atoms with Crippen molar-refractivity contribution in [3.8, 4) is 11.4 Å². The predicted octanol–water partition coefficient (Wildman–Crippen LogP) is 6.36. The summed E-state index contributed by atoms with van der Waals surface area (Å²) < 4.78 is 5.79. The first-order chi connectivity index (χ1) is 16.1. The van der Waals surface area contributed by atoms with E-state index in [1.165, 1.54) is 4.88 Å². The second kappa shape index (κ2) is 9.47. The summed E-state index contributed by atoms with van der Waals surface area (Å²) in [6.45, 7) is 2.82. The van der Waals surface area contributed by atoms with Crippen LogP contribution in [0.3, 0.4) is 0 Å². The number of benzene rings is 2. The molecule has 1 aliphatic rings. The zero-order valence-electron chi connectivity index (χ0n) is 17.9. The summed E-state index contributed by atoms with van der Waals surface area (Å²) in [5.41, 5.74) is 3.83. The van der Waals surface area contributed by atoms with E-state index in [1.54, 1.807) is 11.3 Å². The van der Waals surface area contributed by atoms with E-state index in [1.807, 2.05) is 54.6 Å². The molecule has 166 valence electrons. The molecular weight excluding hydrogens is 472 g/mol. The summed E-state index contributed by atoms with van der Waals surface area (Å²) in [6.07, 6.45) is 0.898. The van der Waals surface area contributed by atoms with Crippen LogP contribution in [0.5, 0.6) is 0 Å². The van der Waals surface area contributed by atoms with E-state index < -0.39 is 0 Å². The average Bonchev–Trinajstić information content (AvgIpc) is 3.52. The van der Waals surface area contributed by atoms with Crippen LogP contribution in [0.25, 0.3) is 17.0 Å². The molecule has 2 aromatic carbocycles. The Kier molecular flexibility index (Phi) is 6.26. The summed E-state index contributed by atoms with van der Waals surface area (Å²) in [6, 6.07) is 21.5. The van der Waals surface area contributed by atoms with Crippen molar-refractivity contribution in [1.29, 1.82) is 0 Å². The lowest BCUT2D eigenvalue weighted by molar-refractivity contribution is 0.397. The molecule has 0 fully saturated rings. The fourth-order valence-corrected chi connectivity index (χ4v) is 5.12. The number of aromatic nitrogens is 2. The Labute approximate surface area is 206 Å². The van der Waals surface area contributed by atoms with E-state index in [4.69, 9.17) is 33.3 Å².